The Bertz CT molecular complexity index is 476. The van der Waals surface area contributed by atoms with E-state index in [1.54, 1.807) is 6.92 Å². The van der Waals surface area contributed by atoms with Gasteiger partial charge in [-0.3, -0.25) is 14.9 Å². The van der Waals surface area contributed by atoms with Crippen molar-refractivity contribution in [2.45, 2.75) is 19.3 Å². The molecule has 1 unspecified atom stereocenters. The van der Waals surface area contributed by atoms with Gasteiger partial charge in [0.1, 0.15) is 0 Å². The molecule has 0 N–H and O–H groups in total. The summed E-state index contributed by atoms with van der Waals surface area (Å²) in [6.07, 6.45) is -0.0172. The molecular formula is C12H12N2O4. The fraction of sp³-hybridized carbons (Fsp3) is 0.333. The molecule has 6 heteroatoms. The highest BCUT2D eigenvalue weighted by atomic mass is 16.6. The smallest absolute Gasteiger partial charge is 0.314 e. The third-order valence-corrected chi connectivity index (χ3v) is 2.37. The van der Waals surface area contributed by atoms with Crippen LogP contribution in [0.25, 0.3) is 0 Å². The first-order valence-corrected chi connectivity index (χ1v) is 5.38. The lowest BCUT2D eigenvalue weighted by molar-refractivity contribution is -0.384. The molecule has 0 bridgehead atoms. The molecule has 0 fully saturated rings. The van der Waals surface area contributed by atoms with Crippen LogP contribution < -0.4 is 0 Å². The number of hydrogen-bond donors (Lipinski definition) is 0. The van der Waals surface area contributed by atoms with Crippen LogP contribution in [0.3, 0.4) is 0 Å². The molecular weight excluding hydrogens is 236 g/mol. The zero-order chi connectivity index (χ0) is 13.5. The van der Waals surface area contributed by atoms with Crippen LogP contribution in [0.1, 0.15) is 24.8 Å². The first-order valence-electron chi connectivity index (χ1n) is 5.38. The van der Waals surface area contributed by atoms with Gasteiger partial charge in [0.05, 0.1) is 29.9 Å². The number of benzene rings is 1. The highest BCUT2D eigenvalue weighted by Gasteiger charge is 2.22. The molecule has 1 aromatic carbocycles. The van der Waals surface area contributed by atoms with E-state index in [0.29, 0.717) is 5.56 Å². The number of carbonyl (C=O) groups is 1. The maximum absolute atomic E-state index is 11.6. The van der Waals surface area contributed by atoms with Crippen molar-refractivity contribution in [3.05, 3.63) is 39.9 Å². The summed E-state index contributed by atoms with van der Waals surface area (Å²) in [6.45, 7) is 1.91. The summed E-state index contributed by atoms with van der Waals surface area (Å²) in [5.74, 6) is -1.19. The van der Waals surface area contributed by atoms with Crippen molar-refractivity contribution in [3.63, 3.8) is 0 Å². The summed E-state index contributed by atoms with van der Waals surface area (Å²) in [6, 6.07) is 7.46. The maximum atomic E-state index is 11.6. The summed E-state index contributed by atoms with van der Waals surface area (Å²) in [4.78, 5) is 21.6. The lowest BCUT2D eigenvalue weighted by atomic mass is 9.96. The highest BCUT2D eigenvalue weighted by Crippen LogP contribution is 2.23. The third-order valence-electron chi connectivity index (χ3n) is 2.37. The van der Waals surface area contributed by atoms with Crippen molar-refractivity contribution in [1.82, 2.24) is 0 Å². The number of ether oxygens (including phenoxy) is 1. The van der Waals surface area contributed by atoms with E-state index in [9.17, 15) is 14.9 Å². The van der Waals surface area contributed by atoms with Gasteiger partial charge < -0.3 is 4.74 Å². The van der Waals surface area contributed by atoms with E-state index in [2.05, 4.69) is 0 Å². The van der Waals surface area contributed by atoms with Gasteiger partial charge in [-0.25, -0.2) is 0 Å². The van der Waals surface area contributed by atoms with E-state index in [1.165, 1.54) is 24.3 Å². The molecule has 0 saturated carbocycles. The second-order valence-electron chi connectivity index (χ2n) is 3.52. The summed E-state index contributed by atoms with van der Waals surface area (Å²) >= 11 is 0. The van der Waals surface area contributed by atoms with E-state index in [1.807, 2.05) is 6.07 Å². The van der Waals surface area contributed by atoms with Crippen LogP contribution in [0.15, 0.2) is 24.3 Å². The van der Waals surface area contributed by atoms with Crippen LogP contribution in [0, 0.1) is 21.4 Å². The second-order valence-corrected chi connectivity index (χ2v) is 3.52. The molecule has 0 aromatic heterocycles. The molecule has 1 rings (SSSR count). The Kier molecular flexibility index (Phi) is 4.81. The summed E-state index contributed by atoms with van der Waals surface area (Å²) in [5, 5.41) is 19.2. The van der Waals surface area contributed by atoms with Crippen LogP contribution in [0.5, 0.6) is 0 Å². The number of hydrogen-bond acceptors (Lipinski definition) is 5. The molecule has 0 amide bonds. The van der Waals surface area contributed by atoms with Crippen LogP contribution in [-0.2, 0) is 9.53 Å². The van der Waals surface area contributed by atoms with Crippen LogP contribution in [0.4, 0.5) is 5.69 Å². The summed E-state index contributed by atoms with van der Waals surface area (Å²) < 4.78 is 4.86. The molecule has 18 heavy (non-hydrogen) atoms. The van der Waals surface area contributed by atoms with E-state index in [0.717, 1.165) is 0 Å². The van der Waals surface area contributed by atoms with E-state index in [4.69, 9.17) is 10.00 Å². The van der Waals surface area contributed by atoms with Crippen LogP contribution in [-0.4, -0.2) is 17.5 Å². The average Bonchev–Trinajstić information content (AvgIpc) is 2.36. The molecule has 0 aliphatic carbocycles. The minimum absolute atomic E-state index is 0.0172. The minimum atomic E-state index is -0.698. The van der Waals surface area contributed by atoms with Crippen molar-refractivity contribution in [2.75, 3.05) is 6.61 Å². The van der Waals surface area contributed by atoms with Gasteiger partial charge in [-0.05, 0) is 12.5 Å². The summed E-state index contributed by atoms with van der Waals surface area (Å²) in [5.41, 5.74) is 0.485. The normalized spacial score (nSPS) is 11.3. The second kappa shape index (κ2) is 6.35. The molecule has 0 aliphatic heterocycles. The molecule has 0 spiro atoms. The largest absolute Gasteiger partial charge is 0.465 e. The van der Waals surface area contributed by atoms with Gasteiger partial charge in [0, 0.05) is 12.1 Å². The maximum Gasteiger partial charge on any atom is 0.314 e. The lowest BCUT2D eigenvalue weighted by Crippen LogP contribution is -2.15. The van der Waals surface area contributed by atoms with Gasteiger partial charge >= 0.3 is 5.97 Å². The molecule has 1 aromatic rings. The Hall–Kier alpha value is -2.42. The molecule has 1 atom stereocenters. The number of nitro benzene ring substituents is 1. The van der Waals surface area contributed by atoms with Crippen LogP contribution in [0.2, 0.25) is 0 Å². The first-order chi connectivity index (χ1) is 8.60. The Balaban J connectivity index is 2.96. The predicted molar refractivity (Wildman–Crippen MR) is 62.7 cm³/mol. The Labute approximate surface area is 104 Å². The van der Waals surface area contributed by atoms with Gasteiger partial charge in [0.2, 0.25) is 0 Å². The molecule has 6 nitrogen and oxygen atoms in total. The molecule has 0 radical (unpaired) electrons. The quantitative estimate of drug-likeness (QED) is 0.452. The Morgan fingerprint density at radius 3 is 2.56 bits per heavy atom. The Morgan fingerprint density at radius 1 is 1.50 bits per heavy atom. The van der Waals surface area contributed by atoms with Crippen molar-refractivity contribution in [2.24, 2.45) is 0 Å². The number of carbonyl (C=O) groups excluding carboxylic acids is 1. The molecule has 94 valence electrons. The fourth-order valence-corrected chi connectivity index (χ4v) is 1.50. The minimum Gasteiger partial charge on any atom is -0.465 e. The number of rotatable bonds is 5. The van der Waals surface area contributed by atoms with Gasteiger partial charge in [0.25, 0.3) is 5.69 Å². The van der Waals surface area contributed by atoms with E-state index in [-0.39, 0.29) is 18.7 Å². The topological polar surface area (TPSA) is 93.2 Å². The number of esters is 1. The average molecular weight is 248 g/mol. The Morgan fingerprint density at radius 2 is 2.11 bits per heavy atom. The summed E-state index contributed by atoms with van der Waals surface area (Å²) in [7, 11) is 0. The third kappa shape index (κ3) is 3.28. The van der Waals surface area contributed by atoms with Crippen molar-refractivity contribution in [1.29, 1.82) is 5.26 Å². The molecule has 0 saturated heterocycles. The molecule has 0 heterocycles. The number of non-ortho nitro benzene ring substituents is 1. The zero-order valence-corrected chi connectivity index (χ0v) is 9.83. The van der Waals surface area contributed by atoms with Crippen molar-refractivity contribution < 1.29 is 14.5 Å². The highest BCUT2D eigenvalue weighted by molar-refractivity contribution is 5.78. The monoisotopic (exact) mass is 248 g/mol. The van der Waals surface area contributed by atoms with Gasteiger partial charge in [-0.15, -0.1) is 0 Å². The fourth-order valence-electron chi connectivity index (χ4n) is 1.50. The van der Waals surface area contributed by atoms with Gasteiger partial charge in [-0.2, -0.15) is 5.26 Å². The van der Waals surface area contributed by atoms with Crippen molar-refractivity contribution >= 4 is 11.7 Å². The molecule has 0 aliphatic rings. The number of nitro groups is 1. The van der Waals surface area contributed by atoms with Crippen molar-refractivity contribution in [3.8, 4) is 6.07 Å². The van der Waals surface area contributed by atoms with Gasteiger partial charge in [-0.1, -0.05) is 12.1 Å². The van der Waals surface area contributed by atoms with Gasteiger partial charge in [0.15, 0.2) is 0 Å². The first kappa shape index (κ1) is 13.6. The van der Waals surface area contributed by atoms with E-state index < -0.39 is 16.8 Å². The SMILES string of the molecule is CCOC(=O)C(CC#N)c1ccc([N+](=O)[O-])cc1. The van der Waals surface area contributed by atoms with E-state index >= 15 is 0 Å². The predicted octanol–water partition coefficient (Wildman–Crippen LogP) is 2.16. The number of nitrogens with zero attached hydrogens (tertiary/aromatic N) is 2. The number of nitriles is 1. The standard InChI is InChI=1S/C12H12N2O4/c1-2-18-12(15)11(7-8-13)9-3-5-10(6-4-9)14(16)17/h3-6,11H,2,7H2,1H3. The lowest BCUT2D eigenvalue weighted by Gasteiger charge is -2.12. The zero-order valence-electron chi connectivity index (χ0n) is 9.83. The van der Waals surface area contributed by atoms with Crippen LogP contribution >= 0.6 is 0 Å².